The summed E-state index contributed by atoms with van der Waals surface area (Å²) in [6.07, 6.45) is 6.84. The van der Waals surface area contributed by atoms with Crippen LogP contribution in [0.2, 0.25) is 0 Å². The molecule has 3 atom stereocenters. The zero-order valence-corrected chi connectivity index (χ0v) is 11.5. The van der Waals surface area contributed by atoms with Gasteiger partial charge in [0.05, 0.1) is 12.5 Å². The van der Waals surface area contributed by atoms with Crippen LogP contribution in [-0.4, -0.2) is 32.9 Å². The number of hydrogen-bond acceptors (Lipinski definition) is 3. The molecule has 0 bridgehead atoms. The van der Waals surface area contributed by atoms with Crippen LogP contribution in [0.3, 0.4) is 0 Å². The second kappa shape index (κ2) is 4.96. The van der Waals surface area contributed by atoms with Crippen LogP contribution in [0.15, 0.2) is 12.4 Å². The Labute approximate surface area is 113 Å². The molecule has 0 aromatic carbocycles. The molecule has 1 aliphatic carbocycles. The average Bonchev–Trinajstić information content (AvgIpc) is 2.88. The van der Waals surface area contributed by atoms with Crippen molar-refractivity contribution in [3.8, 4) is 0 Å². The summed E-state index contributed by atoms with van der Waals surface area (Å²) in [5.41, 5.74) is 6.16. The van der Waals surface area contributed by atoms with Gasteiger partial charge in [-0.2, -0.15) is 0 Å². The van der Waals surface area contributed by atoms with Gasteiger partial charge in [0, 0.05) is 31.5 Å². The quantitative estimate of drug-likeness (QED) is 0.821. The minimum Gasteiger partial charge on any atom is -0.333 e. The van der Waals surface area contributed by atoms with E-state index in [1.54, 1.807) is 6.20 Å². The predicted octanol–water partition coefficient (Wildman–Crippen LogP) is 0.989. The molecule has 0 spiro atoms. The summed E-state index contributed by atoms with van der Waals surface area (Å²) in [6, 6.07) is 0.0328. The highest BCUT2D eigenvalue weighted by Crippen LogP contribution is 2.30. The van der Waals surface area contributed by atoms with Crippen molar-refractivity contribution in [3.63, 3.8) is 0 Å². The van der Waals surface area contributed by atoms with Gasteiger partial charge in [0.25, 0.3) is 0 Å². The monoisotopic (exact) mass is 262 g/mol. The third-order valence-electron chi connectivity index (χ3n) is 4.54. The second-order valence-electron chi connectivity index (χ2n) is 5.99. The van der Waals surface area contributed by atoms with Gasteiger partial charge in [0.1, 0.15) is 5.82 Å². The maximum Gasteiger partial charge on any atom is 0.227 e. The van der Waals surface area contributed by atoms with Crippen LogP contribution in [0, 0.1) is 11.8 Å². The molecule has 1 amide bonds. The van der Waals surface area contributed by atoms with E-state index in [0.29, 0.717) is 12.5 Å². The second-order valence-corrected chi connectivity index (χ2v) is 5.99. The number of nitrogens with two attached hydrogens (primary N) is 1. The van der Waals surface area contributed by atoms with Gasteiger partial charge in [-0.1, -0.05) is 6.92 Å². The minimum absolute atomic E-state index is 0.00487. The van der Waals surface area contributed by atoms with Crippen LogP contribution in [0.1, 0.15) is 32.0 Å². The molecular weight excluding hydrogens is 240 g/mol. The van der Waals surface area contributed by atoms with E-state index in [2.05, 4.69) is 16.5 Å². The summed E-state index contributed by atoms with van der Waals surface area (Å²) in [7, 11) is 0. The van der Waals surface area contributed by atoms with Gasteiger partial charge >= 0.3 is 0 Å². The molecule has 2 aliphatic rings. The van der Waals surface area contributed by atoms with Crippen molar-refractivity contribution in [3.05, 3.63) is 18.2 Å². The third kappa shape index (κ3) is 2.39. The average molecular weight is 262 g/mol. The Morgan fingerprint density at radius 1 is 1.42 bits per heavy atom. The topological polar surface area (TPSA) is 64.2 Å². The summed E-state index contributed by atoms with van der Waals surface area (Å²) < 4.78 is 2.12. The SMILES string of the molecule is CC1CCC(N)C(C(=O)N2CCn3ccnc3C2)C1. The normalized spacial score (nSPS) is 31.1. The fourth-order valence-electron chi connectivity index (χ4n) is 3.28. The highest BCUT2D eigenvalue weighted by atomic mass is 16.2. The van der Waals surface area contributed by atoms with Gasteiger partial charge in [0.15, 0.2) is 0 Å². The lowest BCUT2D eigenvalue weighted by molar-refractivity contribution is -0.139. The summed E-state index contributed by atoms with van der Waals surface area (Å²) in [5.74, 6) is 1.83. The molecule has 5 heteroatoms. The van der Waals surface area contributed by atoms with E-state index in [0.717, 1.165) is 38.2 Å². The number of imidazole rings is 1. The standard InChI is InChI=1S/C14H22N4O/c1-10-2-3-12(15)11(8-10)14(19)18-7-6-17-5-4-16-13(17)9-18/h4-5,10-12H,2-3,6-9,15H2,1H3. The molecule has 0 radical (unpaired) electrons. The van der Waals surface area contributed by atoms with Crippen molar-refractivity contribution in [1.82, 2.24) is 14.5 Å². The Morgan fingerprint density at radius 2 is 2.26 bits per heavy atom. The number of rotatable bonds is 1. The Balaban J connectivity index is 1.71. The zero-order valence-electron chi connectivity index (χ0n) is 11.5. The van der Waals surface area contributed by atoms with Crippen molar-refractivity contribution >= 4 is 5.91 Å². The first-order valence-electron chi connectivity index (χ1n) is 7.19. The predicted molar refractivity (Wildman–Crippen MR) is 72.1 cm³/mol. The number of nitrogens with zero attached hydrogens (tertiary/aromatic N) is 3. The number of hydrogen-bond donors (Lipinski definition) is 1. The lowest BCUT2D eigenvalue weighted by Crippen LogP contribution is -2.49. The fourth-order valence-corrected chi connectivity index (χ4v) is 3.28. The van der Waals surface area contributed by atoms with Crippen LogP contribution in [0.25, 0.3) is 0 Å². The van der Waals surface area contributed by atoms with Crippen molar-refractivity contribution in [2.75, 3.05) is 6.54 Å². The number of carbonyl (C=O) groups is 1. The molecule has 3 unspecified atom stereocenters. The highest BCUT2D eigenvalue weighted by Gasteiger charge is 2.35. The van der Waals surface area contributed by atoms with E-state index in [-0.39, 0.29) is 17.9 Å². The summed E-state index contributed by atoms with van der Waals surface area (Å²) in [4.78, 5) is 18.9. The van der Waals surface area contributed by atoms with Gasteiger partial charge in [-0.15, -0.1) is 0 Å². The minimum atomic E-state index is 0.00487. The van der Waals surface area contributed by atoms with E-state index >= 15 is 0 Å². The van der Waals surface area contributed by atoms with Crippen molar-refractivity contribution < 1.29 is 4.79 Å². The molecule has 3 rings (SSSR count). The van der Waals surface area contributed by atoms with Crippen LogP contribution >= 0.6 is 0 Å². The molecule has 1 aromatic heterocycles. The van der Waals surface area contributed by atoms with E-state index in [9.17, 15) is 4.79 Å². The van der Waals surface area contributed by atoms with Crippen molar-refractivity contribution in [1.29, 1.82) is 0 Å². The lowest BCUT2D eigenvalue weighted by Gasteiger charge is -2.36. The smallest absolute Gasteiger partial charge is 0.227 e. The van der Waals surface area contributed by atoms with Gasteiger partial charge in [-0.05, 0) is 25.2 Å². The summed E-state index contributed by atoms with van der Waals surface area (Å²) >= 11 is 0. The zero-order chi connectivity index (χ0) is 13.4. The molecule has 104 valence electrons. The molecular formula is C14H22N4O. The van der Waals surface area contributed by atoms with E-state index in [1.807, 2.05) is 11.1 Å². The summed E-state index contributed by atoms with van der Waals surface area (Å²) in [5, 5.41) is 0. The first-order valence-corrected chi connectivity index (χ1v) is 7.19. The van der Waals surface area contributed by atoms with Gasteiger partial charge in [-0.25, -0.2) is 4.98 Å². The van der Waals surface area contributed by atoms with Crippen LogP contribution in [0.4, 0.5) is 0 Å². The van der Waals surface area contributed by atoms with Crippen molar-refractivity contribution in [2.45, 2.75) is 45.3 Å². The molecule has 1 aromatic rings. The van der Waals surface area contributed by atoms with Crippen LogP contribution in [0.5, 0.6) is 0 Å². The highest BCUT2D eigenvalue weighted by molar-refractivity contribution is 5.79. The Kier molecular flexibility index (Phi) is 3.31. The molecule has 19 heavy (non-hydrogen) atoms. The van der Waals surface area contributed by atoms with E-state index < -0.39 is 0 Å². The molecule has 5 nitrogen and oxygen atoms in total. The first-order chi connectivity index (χ1) is 9.15. The molecule has 1 aliphatic heterocycles. The fraction of sp³-hybridized carbons (Fsp3) is 0.714. The number of aromatic nitrogens is 2. The summed E-state index contributed by atoms with van der Waals surface area (Å²) in [6.45, 7) is 4.47. The molecule has 2 N–H and O–H groups in total. The van der Waals surface area contributed by atoms with Crippen LogP contribution < -0.4 is 5.73 Å². The van der Waals surface area contributed by atoms with E-state index in [4.69, 9.17) is 5.73 Å². The van der Waals surface area contributed by atoms with Crippen LogP contribution in [-0.2, 0) is 17.9 Å². The Bertz CT molecular complexity index is 470. The van der Waals surface area contributed by atoms with Gasteiger partial charge in [0.2, 0.25) is 5.91 Å². The van der Waals surface area contributed by atoms with Gasteiger partial charge < -0.3 is 15.2 Å². The van der Waals surface area contributed by atoms with Crippen molar-refractivity contribution in [2.24, 2.45) is 17.6 Å². The van der Waals surface area contributed by atoms with Gasteiger partial charge in [-0.3, -0.25) is 4.79 Å². The maximum atomic E-state index is 12.6. The number of amides is 1. The molecule has 2 heterocycles. The Morgan fingerprint density at radius 3 is 3.11 bits per heavy atom. The molecule has 1 saturated carbocycles. The lowest BCUT2D eigenvalue weighted by atomic mass is 9.78. The van der Waals surface area contributed by atoms with E-state index in [1.165, 1.54) is 0 Å². The third-order valence-corrected chi connectivity index (χ3v) is 4.54. The molecule has 0 saturated heterocycles. The first kappa shape index (κ1) is 12.7. The number of fused-ring (bicyclic) bond motifs is 1. The number of carbonyl (C=O) groups excluding carboxylic acids is 1. The maximum absolute atomic E-state index is 12.6. The largest absolute Gasteiger partial charge is 0.333 e. The Hall–Kier alpha value is -1.36. The molecule has 1 fully saturated rings.